The molecule has 1 unspecified atom stereocenters. The van der Waals surface area contributed by atoms with Crippen molar-refractivity contribution >= 4 is 5.71 Å². The van der Waals surface area contributed by atoms with Gasteiger partial charge in [-0.1, -0.05) is 23.6 Å². The lowest BCUT2D eigenvalue weighted by Gasteiger charge is -2.48. The first-order valence-corrected chi connectivity index (χ1v) is 9.23. The van der Waals surface area contributed by atoms with E-state index in [0.29, 0.717) is 11.3 Å². The second-order valence-corrected chi connectivity index (χ2v) is 8.05. The highest BCUT2D eigenvalue weighted by Crippen LogP contribution is 2.61. The molecule has 2 heteroatoms. The van der Waals surface area contributed by atoms with Gasteiger partial charge in [-0.15, -0.1) is 5.92 Å². The molecule has 23 heavy (non-hydrogen) atoms. The Morgan fingerprint density at radius 3 is 2.83 bits per heavy atom. The summed E-state index contributed by atoms with van der Waals surface area (Å²) in [5, 5.41) is 12.5. The number of allylic oxidation sites excluding steroid dienone is 4. The minimum absolute atomic E-state index is 0.436. The van der Waals surface area contributed by atoms with Gasteiger partial charge in [0.2, 0.25) is 0 Å². The molecule has 2 saturated carbocycles. The van der Waals surface area contributed by atoms with Gasteiger partial charge in [-0.25, -0.2) is 0 Å². The van der Waals surface area contributed by atoms with Crippen molar-refractivity contribution in [3.05, 3.63) is 22.8 Å². The Kier molecular flexibility index (Phi) is 3.63. The maximum absolute atomic E-state index is 9.06. The zero-order chi connectivity index (χ0) is 16.0. The van der Waals surface area contributed by atoms with Crippen molar-refractivity contribution in [2.24, 2.45) is 28.3 Å². The van der Waals surface area contributed by atoms with E-state index in [1.807, 2.05) is 6.92 Å². The molecular formula is C21H27NO. The van der Waals surface area contributed by atoms with E-state index in [0.717, 1.165) is 30.4 Å². The molecule has 0 aromatic rings. The van der Waals surface area contributed by atoms with Crippen molar-refractivity contribution in [2.45, 2.75) is 65.2 Å². The maximum Gasteiger partial charge on any atom is 0.0801 e. The van der Waals surface area contributed by atoms with Gasteiger partial charge in [-0.3, -0.25) is 0 Å². The molecule has 1 N–H and O–H groups in total. The lowest BCUT2D eigenvalue weighted by Crippen LogP contribution is -2.39. The molecule has 0 radical (unpaired) electrons. The van der Waals surface area contributed by atoms with Crippen LogP contribution in [-0.2, 0) is 0 Å². The summed E-state index contributed by atoms with van der Waals surface area (Å²) in [7, 11) is 0. The lowest BCUT2D eigenvalue weighted by molar-refractivity contribution is 0.0958. The van der Waals surface area contributed by atoms with E-state index in [9.17, 15) is 0 Å². The van der Waals surface area contributed by atoms with Crippen LogP contribution in [0.2, 0.25) is 0 Å². The highest BCUT2D eigenvalue weighted by molar-refractivity contribution is 5.97. The molecule has 0 aliphatic heterocycles. The minimum atomic E-state index is 0.436. The molecule has 0 spiro atoms. The number of rotatable bonds is 0. The first-order chi connectivity index (χ1) is 11.2. The third-order valence-corrected chi connectivity index (χ3v) is 7.19. The quantitative estimate of drug-likeness (QED) is 0.377. The molecule has 4 rings (SSSR count). The van der Waals surface area contributed by atoms with Crippen molar-refractivity contribution < 1.29 is 5.21 Å². The van der Waals surface area contributed by atoms with Gasteiger partial charge in [0.25, 0.3) is 0 Å². The average molecular weight is 309 g/mol. The Balaban J connectivity index is 1.70. The second-order valence-electron chi connectivity index (χ2n) is 8.05. The van der Waals surface area contributed by atoms with Gasteiger partial charge < -0.3 is 5.21 Å². The number of hydrogen-bond acceptors (Lipinski definition) is 2. The molecule has 0 aromatic carbocycles. The van der Waals surface area contributed by atoms with E-state index in [-0.39, 0.29) is 0 Å². The Morgan fingerprint density at radius 1 is 1.17 bits per heavy atom. The van der Waals surface area contributed by atoms with E-state index in [2.05, 4.69) is 30.0 Å². The van der Waals surface area contributed by atoms with Crippen molar-refractivity contribution in [3.8, 4) is 11.8 Å². The Hall–Kier alpha value is -1.49. The zero-order valence-electron chi connectivity index (χ0n) is 14.4. The third-order valence-electron chi connectivity index (χ3n) is 7.19. The van der Waals surface area contributed by atoms with E-state index in [1.54, 1.807) is 11.1 Å². The fourth-order valence-corrected chi connectivity index (χ4v) is 6.03. The standard InChI is InChI=1S/C21H27NO/c1-3-4-15-6-10-20-19-8-5-14-13-16(22-23)7-9-17(14)18(19)11-12-21(15,20)2/h13,15,19-20,23H,5-12H2,1-2H3/t15?,19-,20+,21-/m1/s1. The van der Waals surface area contributed by atoms with Crippen molar-refractivity contribution in [2.75, 3.05) is 0 Å². The largest absolute Gasteiger partial charge is 0.411 e. The molecule has 4 atom stereocenters. The smallest absolute Gasteiger partial charge is 0.0801 e. The van der Waals surface area contributed by atoms with Gasteiger partial charge >= 0.3 is 0 Å². The van der Waals surface area contributed by atoms with Crippen molar-refractivity contribution in [1.82, 2.24) is 0 Å². The van der Waals surface area contributed by atoms with Crippen LogP contribution in [-0.4, -0.2) is 10.9 Å². The number of hydrogen-bond donors (Lipinski definition) is 1. The lowest BCUT2D eigenvalue weighted by atomic mass is 9.56. The Labute approximate surface area is 139 Å². The molecule has 0 saturated heterocycles. The molecule has 0 bridgehead atoms. The summed E-state index contributed by atoms with van der Waals surface area (Å²) >= 11 is 0. The number of nitrogens with zero attached hydrogens (tertiary/aromatic N) is 1. The summed E-state index contributed by atoms with van der Waals surface area (Å²) in [5.74, 6) is 8.95. The fourth-order valence-electron chi connectivity index (χ4n) is 6.03. The molecule has 2 nitrogen and oxygen atoms in total. The van der Waals surface area contributed by atoms with Gasteiger partial charge in [0, 0.05) is 5.92 Å². The van der Waals surface area contributed by atoms with Gasteiger partial charge in [0.15, 0.2) is 0 Å². The van der Waals surface area contributed by atoms with Crippen LogP contribution in [0.3, 0.4) is 0 Å². The minimum Gasteiger partial charge on any atom is -0.411 e. The Bertz CT molecular complexity index is 672. The van der Waals surface area contributed by atoms with Gasteiger partial charge in [-0.2, -0.15) is 0 Å². The monoisotopic (exact) mass is 309 g/mol. The maximum atomic E-state index is 9.06. The summed E-state index contributed by atoms with van der Waals surface area (Å²) in [6.45, 7) is 4.51. The molecule has 0 amide bonds. The first-order valence-electron chi connectivity index (χ1n) is 9.23. The van der Waals surface area contributed by atoms with Gasteiger partial charge in [0.05, 0.1) is 5.71 Å². The first kappa shape index (κ1) is 15.1. The van der Waals surface area contributed by atoms with Crippen LogP contribution in [0.15, 0.2) is 28.0 Å². The summed E-state index contributed by atoms with van der Waals surface area (Å²) in [6.07, 6.45) is 11.8. The van der Waals surface area contributed by atoms with Crippen LogP contribution in [0.1, 0.15) is 65.2 Å². The van der Waals surface area contributed by atoms with E-state index in [1.165, 1.54) is 44.1 Å². The third kappa shape index (κ3) is 2.20. The van der Waals surface area contributed by atoms with Gasteiger partial charge in [0.1, 0.15) is 0 Å². The SMILES string of the molecule is CC#CC1CC[C@H]2[C@@H]3CCC4=CC(=NO)CCC4=C3CC[C@]12C. The summed E-state index contributed by atoms with van der Waals surface area (Å²) in [4.78, 5) is 0. The topological polar surface area (TPSA) is 32.6 Å². The highest BCUT2D eigenvalue weighted by atomic mass is 16.4. The molecule has 4 aliphatic rings. The molecule has 122 valence electrons. The van der Waals surface area contributed by atoms with Crippen LogP contribution < -0.4 is 0 Å². The number of fused-ring (bicyclic) bond motifs is 4. The number of oxime groups is 1. The molecule has 0 aromatic heterocycles. The predicted molar refractivity (Wildman–Crippen MR) is 93.3 cm³/mol. The second kappa shape index (κ2) is 5.55. The molecule has 2 fully saturated rings. The summed E-state index contributed by atoms with van der Waals surface area (Å²) < 4.78 is 0. The molecule has 0 heterocycles. The van der Waals surface area contributed by atoms with Crippen molar-refractivity contribution in [3.63, 3.8) is 0 Å². The normalized spacial score (nSPS) is 40.7. The van der Waals surface area contributed by atoms with Crippen molar-refractivity contribution in [1.29, 1.82) is 0 Å². The fraction of sp³-hybridized carbons (Fsp3) is 0.667. The van der Waals surface area contributed by atoms with Gasteiger partial charge in [-0.05, 0) is 92.8 Å². The highest BCUT2D eigenvalue weighted by Gasteiger charge is 2.53. The summed E-state index contributed by atoms with van der Waals surface area (Å²) in [6, 6.07) is 0. The Morgan fingerprint density at radius 2 is 2.04 bits per heavy atom. The van der Waals surface area contributed by atoms with E-state index in [4.69, 9.17) is 5.21 Å². The van der Waals surface area contributed by atoms with E-state index >= 15 is 0 Å². The molecule has 4 aliphatic carbocycles. The van der Waals surface area contributed by atoms with Crippen LogP contribution in [0.5, 0.6) is 0 Å². The van der Waals surface area contributed by atoms with Crippen LogP contribution >= 0.6 is 0 Å². The summed E-state index contributed by atoms with van der Waals surface area (Å²) in [5.41, 5.74) is 6.14. The zero-order valence-corrected chi connectivity index (χ0v) is 14.4. The van der Waals surface area contributed by atoms with Crippen LogP contribution in [0.4, 0.5) is 0 Å². The predicted octanol–water partition coefficient (Wildman–Crippen LogP) is 5.09. The van der Waals surface area contributed by atoms with Crippen LogP contribution in [0.25, 0.3) is 0 Å². The van der Waals surface area contributed by atoms with Crippen LogP contribution in [0, 0.1) is 35.0 Å². The van der Waals surface area contributed by atoms with E-state index < -0.39 is 0 Å². The average Bonchev–Trinajstić information content (AvgIpc) is 2.91. The molecular weight excluding hydrogens is 282 g/mol.